The first-order valence-electron chi connectivity index (χ1n) is 11.4. The number of hydrogen-bond donors (Lipinski definition) is 3. The molecule has 2 aliphatic rings. The van der Waals surface area contributed by atoms with E-state index in [4.69, 9.17) is 16.2 Å². The minimum absolute atomic E-state index is 0.0139. The van der Waals surface area contributed by atoms with Crippen LogP contribution in [0, 0.1) is 11.7 Å². The van der Waals surface area contributed by atoms with Crippen LogP contribution in [0.2, 0.25) is 0 Å². The molecule has 1 aromatic heterocycles. The van der Waals surface area contributed by atoms with Crippen LogP contribution in [0.15, 0.2) is 36.4 Å². The average Bonchev–Trinajstić information content (AvgIpc) is 3.13. The Kier molecular flexibility index (Phi) is 5.65. The summed E-state index contributed by atoms with van der Waals surface area (Å²) in [6.07, 6.45) is 0.990. The zero-order valence-corrected chi connectivity index (χ0v) is 19.4. The summed E-state index contributed by atoms with van der Waals surface area (Å²) in [5.41, 5.74) is 14.3. The predicted molar refractivity (Wildman–Crippen MR) is 125 cm³/mol. The lowest BCUT2D eigenvalue weighted by Crippen LogP contribution is -2.27. The number of nitrogen functional groups attached to an aromatic ring is 1. The first-order valence-corrected chi connectivity index (χ1v) is 11.4. The van der Waals surface area contributed by atoms with Gasteiger partial charge in [-0.15, -0.1) is 0 Å². The zero-order valence-electron chi connectivity index (χ0n) is 19.4. The minimum atomic E-state index is -2.76. The number of primary amides is 1. The lowest BCUT2D eigenvalue weighted by Gasteiger charge is -2.16. The molecule has 1 unspecified atom stereocenters. The van der Waals surface area contributed by atoms with Gasteiger partial charge in [-0.2, -0.15) is 5.10 Å². The van der Waals surface area contributed by atoms with Gasteiger partial charge in [-0.05, 0) is 48.2 Å². The van der Waals surface area contributed by atoms with Gasteiger partial charge in [0, 0.05) is 17.9 Å². The number of alkyl halides is 2. The van der Waals surface area contributed by atoms with Gasteiger partial charge >= 0.3 is 0 Å². The maximum Gasteiger partial charge on any atom is 0.255 e. The van der Waals surface area contributed by atoms with E-state index in [2.05, 4.69) is 10.4 Å². The molecule has 2 atom stereocenters. The Balaban J connectivity index is 1.41. The molecule has 36 heavy (non-hydrogen) atoms. The Hall–Kier alpha value is -4.02. The fourth-order valence-corrected chi connectivity index (χ4v) is 4.74. The molecule has 188 valence electrons. The molecule has 2 aliphatic carbocycles. The summed E-state index contributed by atoms with van der Waals surface area (Å²) in [6, 6.07) is 8.77. The van der Waals surface area contributed by atoms with Crippen molar-refractivity contribution < 1.29 is 27.5 Å². The number of halogens is 3. The Morgan fingerprint density at radius 3 is 2.67 bits per heavy atom. The first kappa shape index (κ1) is 23.7. The Bertz CT molecular complexity index is 1390. The van der Waals surface area contributed by atoms with E-state index >= 15 is 0 Å². The maximum atomic E-state index is 13.7. The van der Waals surface area contributed by atoms with Crippen LogP contribution in [0.25, 0.3) is 11.3 Å². The van der Waals surface area contributed by atoms with Crippen molar-refractivity contribution in [2.45, 2.75) is 37.8 Å². The van der Waals surface area contributed by atoms with E-state index in [0.29, 0.717) is 18.4 Å². The van der Waals surface area contributed by atoms with Crippen LogP contribution in [-0.2, 0) is 13.0 Å². The van der Waals surface area contributed by atoms with E-state index in [-0.39, 0.29) is 47.4 Å². The summed E-state index contributed by atoms with van der Waals surface area (Å²) in [6.45, 7) is -0.109. The van der Waals surface area contributed by atoms with E-state index in [9.17, 15) is 22.8 Å². The van der Waals surface area contributed by atoms with Crippen LogP contribution < -0.4 is 21.5 Å². The van der Waals surface area contributed by atoms with Gasteiger partial charge in [0.25, 0.3) is 17.7 Å². The van der Waals surface area contributed by atoms with E-state index in [1.165, 1.54) is 23.9 Å². The molecule has 0 spiro atoms. The fraction of sp³-hybridized carbons (Fsp3) is 0.320. The monoisotopic (exact) mass is 499 g/mol. The normalized spacial score (nSPS) is 19.6. The van der Waals surface area contributed by atoms with Crippen molar-refractivity contribution in [3.05, 3.63) is 64.5 Å². The first-order chi connectivity index (χ1) is 17.1. The molecule has 5 rings (SSSR count). The summed E-state index contributed by atoms with van der Waals surface area (Å²) >= 11 is 0. The SMILES string of the molecule is COc1ccc(F)cc1C(=O)N[C@@H]1CCc2cc(-c3nn(CC4CC4(F)F)c(N)c3C(N)=O)ccc21. The molecule has 0 radical (unpaired) electrons. The highest BCUT2D eigenvalue weighted by Gasteiger charge is 2.57. The van der Waals surface area contributed by atoms with Crippen molar-refractivity contribution in [3.63, 3.8) is 0 Å². The van der Waals surface area contributed by atoms with Gasteiger partial charge in [-0.1, -0.05) is 12.1 Å². The largest absolute Gasteiger partial charge is 0.496 e. The molecule has 2 amide bonds. The van der Waals surface area contributed by atoms with Crippen molar-refractivity contribution >= 4 is 17.6 Å². The second-order valence-corrected chi connectivity index (χ2v) is 9.14. The number of nitrogens with two attached hydrogens (primary N) is 2. The zero-order chi connectivity index (χ0) is 25.8. The predicted octanol–water partition coefficient (Wildman–Crippen LogP) is 3.45. The number of hydrogen-bond acceptors (Lipinski definition) is 5. The fourth-order valence-electron chi connectivity index (χ4n) is 4.74. The number of aryl methyl sites for hydroxylation is 1. The number of anilines is 1. The maximum absolute atomic E-state index is 13.7. The van der Waals surface area contributed by atoms with Gasteiger partial charge in [0.15, 0.2) is 0 Å². The molecule has 3 aromatic rings. The van der Waals surface area contributed by atoms with Crippen LogP contribution >= 0.6 is 0 Å². The third-order valence-electron chi connectivity index (χ3n) is 6.79. The quantitative estimate of drug-likeness (QED) is 0.459. The van der Waals surface area contributed by atoms with E-state index in [1.807, 2.05) is 6.07 Å². The van der Waals surface area contributed by atoms with Crippen molar-refractivity contribution in [1.29, 1.82) is 0 Å². The number of nitrogens with one attached hydrogen (secondary N) is 1. The molecular weight excluding hydrogens is 475 g/mol. The number of nitrogens with zero attached hydrogens (tertiary/aromatic N) is 2. The average molecular weight is 499 g/mol. The van der Waals surface area contributed by atoms with Gasteiger partial charge in [-0.3, -0.25) is 9.59 Å². The minimum Gasteiger partial charge on any atom is -0.496 e. The molecule has 11 heteroatoms. The van der Waals surface area contributed by atoms with Crippen molar-refractivity contribution in [2.24, 2.45) is 11.7 Å². The topological polar surface area (TPSA) is 125 Å². The summed E-state index contributed by atoms with van der Waals surface area (Å²) in [5, 5.41) is 7.27. The number of fused-ring (bicyclic) bond motifs is 1. The number of benzene rings is 2. The molecule has 0 bridgehead atoms. The molecule has 1 heterocycles. The lowest BCUT2D eigenvalue weighted by atomic mass is 10.0. The smallest absolute Gasteiger partial charge is 0.255 e. The van der Waals surface area contributed by atoms with Gasteiger partial charge in [0.05, 0.1) is 25.3 Å². The third kappa shape index (κ3) is 4.14. The highest BCUT2D eigenvalue weighted by atomic mass is 19.3. The van der Waals surface area contributed by atoms with Crippen molar-refractivity contribution in [2.75, 3.05) is 12.8 Å². The van der Waals surface area contributed by atoms with Gasteiger partial charge in [0.1, 0.15) is 28.6 Å². The third-order valence-corrected chi connectivity index (χ3v) is 6.79. The summed E-state index contributed by atoms with van der Waals surface area (Å²) in [4.78, 5) is 25.0. The van der Waals surface area contributed by atoms with Crippen LogP contribution in [-0.4, -0.2) is 34.6 Å². The van der Waals surface area contributed by atoms with Crippen LogP contribution in [0.3, 0.4) is 0 Å². The second-order valence-electron chi connectivity index (χ2n) is 9.14. The van der Waals surface area contributed by atoms with Gasteiger partial charge < -0.3 is 21.5 Å². The highest BCUT2D eigenvalue weighted by Crippen LogP contribution is 2.50. The molecular formula is C25H24F3N5O3. The van der Waals surface area contributed by atoms with Crippen molar-refractivity contribution in [1.82, 2.24) is 15.1 Å². The van der Waals surface area contributed by atoms with Gasteiger partial charge in [0.2, 0.25) is 0 Å². The molecule has 0 aliphatic heterocycles. The standard InChI is InChI=1S/C25H24F3N5O3/c1-36-19-7-4-15(26)9-17(19)24(35)31-18-6-3-12-8-13(2-5-16(12)18)21-20(23(30)34)22(29)33(32-21)11-14-10-25(14,27)28/h2,4-5,7-9,14,18H,3,6,10-11,29H2,1H3,(H2,30,34)(H,31,35)/t14?,18-/m1/s1. The molecule has 1 fully saturated rings. The number of methoxy groups -OCH3 is 1. The summed E-state index contributed by atoms with van der Waals surface area (Å²) in [5.74, 6) is -5.23. The number of rotatable bonds is 7. The second kappa shape index (κ2) is 8.58. The number of aromatic nitrogens is 2. The van der Waals surface area contributed by atoms with Crippen molar-refractivity contribution in [3.8, 4) is 17.0 Å². The Morgan fingerprint density at radius 1 is 1.25 bits per heavy atom. The molecule has 2 aromatic carbocycles. The number of carbonyl (C=O) groups excluding carboxylic acids is 2. The van der Waals surface area contributed by atoms with E-state index < -0.39 is 29.5 Å². The highest BCUT2D eigenvalue weighted by molar-refractivity contribution is 6.03. The van der Waals surface area contributed by atoms with E-state index in [1.54, 1.807) is 12.1 Å². The number of carbonyl (C=O) groups is 2. The molecule has 0 saturated heterocycles. The Morgan fingerprint density at radius 2 is 2.00 bits per heavy atom. The number of ether oxygens (including phenoxy) is 1. The van der Waals surface area contributed by atoms with Crippen LogP contribution in [0.5, 0.6) is 5.75 Å². The summed E-state index contributed by atoms with van der Waals surface area (Å²) in [7, 11) is 1.40. The summed E-state index contributed by atoms with van der Waals surface area (Å²) < 4.78 is 46.9. The lowest BCUT2D eigenvalue weighted by molar-refractivity contribution is 0.0929. The van der Waals surface area contributed by atoms with Crippen LogP contribution in [0.1, 0.15) is 50.7 Å². The molecule has 5 N–H and O–H groups in total. The van der Waals surface area contributed by atoms with E-state index in [0.717, 1.165) is 17.2 Å². The molecule has 8 nitrogen and oxygen atoms in total. The van der Waals surface area contributed by atoms with Gasteiger partial charge in [-0.25, -0.2) is 17.9 Å². The molecule has 1 saturated carbocycles. The van der Waals surface area contributed by atoms with Crippen LogP contribution in [0.4, 0.5) is 19.0 Å². The number of amides is 2. The Labute approximate surface area is 204 Å².